The van der Waals surface area contributed by atoms with Crippen molar-refractivity contribution in [2.75, 3.05) is 26.2 Å². The standard InChI is InChI=1S/C15H26N2/c1-3-7-16-11-14-12(9-13(16)5-1)10-17-8-4-2-6-15(14)17/h12-15H,1-11H2/t12-,13+,14-,15+/m1/s1. The quantitative estimate of drug-likeness (QED) is 0.635. The molecular formula is C15H26N2. The molecule has 0 radical (unpaired) electrons. The van der Waals surface area contributed by atoms with E-state index in [1.807, 2.05) is 0 Å². The molecule has 0 saturated carbocycles. The molecule has 0 aromatic heterocycles. The van der Waals surface area contributed by atoms with Crippen LogP contribution in [0.3, 0.4) is 0 Å². The van der Waals surface area contributed by atoms with Crippen LogP contribution in [0.5, 0.6) is 0 Å². The second kappa shape index (κ2) is 4.24. The topological polar surface area (TPSA) is 6.48 Å². The van der Waals surface area contributed by atoms with E-state index in [1.54, 1.807) is 0 Å². The Kier molecular flexibility index (Phi) is 2.69. The van der Waals surface area contributed by atoms with Crippen LogP contribution >= 0.6 is 0 Å². The van der Waals surface area contributed by atoms with Crippen molar-refractivity contribution in [2.45, 2.75) is 57.0 Å². The van der Waals surface area contributed by atoms with Crippen molar-refractivity contribution < 1.29 is 0 Å². The Morgan fingerprint density at radius 2 is 1.59 bits per heavy atom. The molecule has 4 rings (SSSR count). The molecule has 0 bridgehead atoms. The third-order valence-electron chi connectivity index (χ3n) is 6.00. The van der Waals surface area contributed by atoms with Gasteiger partial charge in [0.1, 0.15) is 0 Å². The predicted octanol–water partition coefficient (Wildman–Crippen LogP) is 2.35. The Morgan fingerprint density at radius 3 is 2.53 bits per heavy atom. The van der Waals surface area contributed by atoms with Gasteiger partial charge in [-0.3, -0.25) is 4.90 Å². The fourth-order valence-corrected chi connectivity index (χ4v) is 5.19. The van der Waals surface area contributed by atoms with Crippen molar-refractivity contribution in [2.24, 2.45) is 11.8 Å². The van der Waals surface area contributed by atoms with Crippen LogP contribution in [0.15, 0.2) is 0 Å². The molecule has 4 saturated heterocycles. The first-order valence-corrected chi connectivity index (χ1v) is 7.90. The van der Waals surface area contributed by atoms with Crippen molar-refractivity contribution >= 4 is 0 Å². The fourth-order valence-electron chi connectivity index (χ4n) is 5.19. The molecule has 17 heavy (non-hydrogen) atoms. The van der Waals surface area contributed by atoms with E-state index >= 15 is 0 Å². The number of piperidine rings is 3. The van der Waals surface area contributed by atoms with E-state index in [0.717, 1.165) is 23.9 Å². The first-order chi connectivity index (χ1) is 8.42. The lowest BCUT2D eigenvalue weighted by molar-refractivity contribution is 0.0418. The van der Waals surface area contributed by atoms with E-state index in [1.165, 1.54) is 71.1 Å². The van der Waals surface area contributed by atoms with Gasteiger partial charge in [0.05, 0.1) is 0 Å². The summed E-state index contributed by atoms with van der Waals surface area (Å²) in [6.45, 7) is 5.69. The maximum Gasteiger partial charge on any atom is 0.0139 e. The number of nitrogens with zero attached hydrogens (tertiary/aromatic N) is 2. The van der Waals surface area contributed by atoms with Crippen molar-refractivity contribution in [1.29, 1.82) is 0 Å². The molecule has 0 unspecified atom stereocenters. The normalized spacial score (nSPS) is 47.3. The molecule has 0 aliphatic carbocycles. The van der Waals surface area contributed by atoms with Crippen LogP contribution in [0.25, 0.3) is 0 Å². The third kappa shape index (κ3) is 1.76. The molecular weight excluding hydrogens is 208 g/mol. The van der Waals surface area contributed by atoms with Gasteiger partial charge in [-0.05, 0) is 57.0 Å². The van der Waals surface area contributed by atoms with E-state index < -0.39 is 0 Å². The van der Waals surface area contributed by atoms with Crippen LogP contribution in [0, 0.1) is 11.8 Å². The molecule has 4 aliphatic heterocycles. The monoisotopic (exact) mass is 234 g/mol. The van der Waals surface area contributed by atoms with E-state index in [9.17, 15) is 0 Å². The highest BCUT2D eigenvalue weighted by Crippen LogP contribution is 2.43. The van der Waals surface area contributed by atoms with Crippen molar-refractivity contribution in [3.05, 3.63) is 0 Å². The Bertz CT molecular complexity index is 289. The highest BCUT2D eigenvalue weighted by atomic mass is 15.2. The van der Waals surface area contributed by atoms with E-state index in [4.69, 9.17) is 0 Å². The summed E-state index contributed by atoms with van der Waals surface area (Å²) in [5.74, 6) is 2.09. The molecule has 0 aromatic carbocycles. The highest BCUT2D eigenvalue weighted by molar-refractivity contribution is 5.01. The van der Waals surface area contributed by atoms with Crippen molar-refractivity contribution in [1.82, 2.24) is 9.80 Å². The van der Waals surface area contributed by atoms with Gasteiger partial charge in [-0.25, -0.2) is 0 Å². The lowest BCUT2D eigenvalue weighted by atomic mass is 9.77. The Balaban J connectivity index is 1.52. The SMILES string of the molecule is C1CCN2C[C@@H]3[C@H](C[C@@H]2C1)CN1CCCC[C@@H]31. The molecule has 0 aromatic rings. The van der Waals surface area contributed by atoms with Crippen molar-refractivity contribution in [3.8, 4) is 0 Å². The molecule has 96 valence electrons. The maximum absolute atomic E-state index is 2.85. The largest absolute Gasteiger partial charge is 0.300 e. The van der Waals surface area contributed by atoms with Gasteiger partial charge in [0, 0.05) is 25.2 Å². The minimum atomic E-state index is 0.964. The second-order valence-corrected chi connectivity index (χ2v) is 6.86. The molecule has 4 heterocycles. The average molecular weight is 234 g/mol. The summed E-state index contributed by atoms with van der Waals surface area (Å²) in [6.07, 6.45) is 10.4. The van der Waals surface area contributed by atoms with Crippen LogP contribution in [0.1, 0.15) is 44.9 Å². The maximum atomic E-state index is 2.85. The number of hydrogen-bond acceptors (Lipinski definition) is 2. The summed E-state index contributed by atoms with van der Waals surface area (Å²) in [4.78, 5) is 5.69. The molecule has 0 spiro atoms. The number of hydrogen-bond donors (Lipinski definition) is 0. The van der Waals surface area contributed by atoms with Gasteiger partial charge < -0.3 is 4.90 Å². The Hall–Kier alpha value is -0.0800. The number of fused-ring (bicyclic) bond motifs is 4. The lowest BCUT2D eigenvalue weighted by Gasteiger charge is -2.45. The predicted molar refractivity (Wildman–Crippen MR) is 70.0 cm³/mol. The van der Waals surface area contributed by atoms with Gasteiger partial charge in [-0.15, -0.1) is 0 Å². The molecule has 2 nitrogen and oxygen atoms in total. The fraction of sp³-hybridized carbons (Fsp3) is 1.00. The number of rotatable bonds is 0. The summed E-state index contributed by atoms with van der Waals surface area (Å²) in [6, 6.07) is 1.93. The zero-order valence-corrected chi connectivity index (χ0v) is 11.0. The van der Waals surface area contributed by atoms with Crippen LogP contribution in [-0.4, -0.2) is 48.1 Å². The minimum absolute atomic E-state index is 0.964. The van der Waals surface area contributed by atoms with Gasteiger partial charge in [-0.1, -0.05) is 12.8 Å². The summed E-state index contributed by atoms with van der Waals surface area (Å²) in [7, 11) is 0. The summed E-state index contributed by atoms with van der Waals surface area (Å²) in [5.41, 5.74) is 0. The van der Waals surface area contributed by atoms with Gasteiger partial charge >= 0.3 is 0 Å². The van der Waals surface area contributed by atoms with Crippen LogP contribution in [0.4, 0.5) is 0 Å². The average Bonchev–Trinajstić information content (AvgIpc) is 2.73. The highest BCUT2D eigenvalue weighted by Gasteiger charge is 2.47. The summed E-state index contributed by atoms with van der Waals surface area (Å²) in [5, 5.41) is 0. The molecule has 4 aliphatic rings. The van der Waals surface area contributed by atoms with Crippen LogP contribution in [-0.2, 0) is 0 Å². The smallest absolute Gasteiger partial charge is 0.0139 e. The molecule has 0 N–H and O–H groups in total. The van der Waals surface area contributed by atoms with Gasteiger partial charge in [0.15, 0.2) is 0 Å². The zero-order chi connectivity index (χ0) is 11.2. The zero-order valence-electron chi connectivity index (χ0n) is 11.0. The van der Waals surface area contributed by atoms with Crippen molar-refractivity contribution in [3.63, 3.8) is 0 Å². The summed E-state index contributed by atoms with van der Waals surface area (Å²) < 4.78 is 0. The molecule has 4 fully saturated rings. The van der Waals surface area contributed by atoms with E-state index in [2.05, 4.69) is 9.80 Å². The van der Waals surface area contributed by atoms with Gasteiger partial charge in [-0.2, -0.15) is 0 Å². The third-order valence-corrected chi connectivity index (χ3v) is 6.00. The van der Waals surface area contributed by atoms with Gasteiger partial charge in [0.25, 0.3) is 0 Å². The van der Waals surface area contributed by atoms with Crippen LogP contribution < -0.4 is 0 Å². The lowest BCUT2D eigenvalue weighted by Crippen LogP contribution is -2.51. The minimum Gasteiger partial charge on any atom is -0.300 e. The Morgan fingerprint density at radius 1 is 0.765 bits per heavy atom. The molecule has 4 atom stereocenters. The first-order valence-electron chi connectivity index (χ1n) is 7.90. The van der Waals surface area contributed by atoms with E-state index in [0.29, 0.717) is 0 Å². The molecule has 2 heteroatoms. The van der Waals surface area contributed by atoms with Gasteiger partial charge in [0.2, 0.25) is 0 Å². The second-order valence-electron chi connectivity index (χ2n) is 6.86. The molecule has 0 amide bonds. The van der Waals surface area contributed by atoms with Crippen LogP contribution in [0.2, 0.25) is 0 Å². The summed E-state index contributed by atoms with van der Waals surface area (Å²) >= 11 is 0. The Labute approximate surface area is 105 Å². The van der Waals surface area contributed by atoms with E-state index in [-0.39, 0.29) is 0 Å². The first kappa shape index (κ1) is 10.8.